The first kappa shape index (κ1) is 18.8. The Bertz CT molecular complexity index is 901. The van der Waals surface area contributed by atoms with Crippen LogP contribution in [0.1, 0.15) is 18.9 Å². The first-order chi connectivity index (χ1) is 13.0. The Morgan fingerprint density at radius 2 is 1.74 bits per heavy atom. The lowest BCUT2D eigenvalue weighted by Crippen LogP contribution is -2.13. The second kappa shape index (κ2) is 8.63. The number of halogens is 2. The molecule has 2 aromatic carbocycles. The molecule has 140 valence electrons. The number of amides is 1. The summed E-state index contributed by atoms with van der Waals surface area (Å²) >= 11 is 1.07. The topological polar surface area (TPSA) is 77.2 Å². The van der Waals surface area contributed by atoms with Crippen LogP contribution in [0.5, 0.6) is 5.75 Å². The summed E-state index contributed by atoms with van der Waals surface area (Å²) in [6, 6.07) is 11.0. The van der Waals surface area contributed by atoms with Crippen molar-refractivity contribution in [2.45, 2.75) is 18.3 Å². The molecule has 3 rings (SSSR count). The van der Waals surface area contributed by atoms with Crippen LogP contribution in [0.15, 0.2) is 58.2 Å². The third-order valence-corrected chi connectivity index (χ3v) is 4.17. The number of ether oxygens (including phenoxy) is 1. The van der Waals surface area contributed by atoms with Crippen molar-refractivity contribution in [3.05, 3.63) is 66.1 Å². The number of thioether (sulfide) groups is 1. The summed E-state index contributed by atoms with van der Waals surface area (Å²) in [6.45, 7) is 1.71. The number of carbonyl (C=O) groups excluding carboxylic acids is 1. The van der Waals surface area contributed by atoms with E-state index in [2.05, 4.69) is 15.5 Å². The molecule has 3 aromatic rings. The lowest BCUT2D eigenvalue weighted by molar-refractivity contribution is -0.113. The van der Waals surface area contributed by atoms with E-state index in [0.717, 1.165) is 11.8 Å². The summed E-state index contributed by atoms with van der Waals surface area (Å²) in [5.74, 6) is -0.271. The number of nitrogens with zero attached hydrogens (tertiary/aromatic N) is 2. The Labute approximate surface area is 157 Å². The first-order valence-corrected chi connectivity index (χ1v) is 8.92. The summed E-state index contributed by atoms with van der Waals surface area (Å²) in [5, 5.41) is 10.6. The molecule has 0 radical (unpaired) electrons. The fraction of sp³-hybridized carbons (Fsp3) is 0.167. The summed E-state index contributed by atoms with van der Waals surface area (Å²) in [5.41, 5.74) is 0.495. The molecule has 27 heavy (non-hydrogen) atoms. The third kappa shape index (κ3) is 5.52. The first-order valence-electron chi connectivity index (χ1n) is 7.93. The zero-order valence-electron chi connectivity index (χ0n) is 14.2. The predicted molar refractivity (Wildman–Crippen MR) is 95.5 cm³/mol. The highest BCUT2D eigenvalue weighted by Gasteiger charge is 2.17. The van der Waals surface area contributed by atoms with Crippen LogP contribution < -0.4 is 10.1 Å². The molecule has 0 spiro atoms. The van der Waals surface area contributed by atoms with Gasteiger partial charge in [-0.2, -0.15) is 0 Å². The average Bonchev–Trinajstić information content (AvgIpc) is 3.13. The van der Waals surface area contributed by atoms with Gasteiger partial charge in [0.1, 0.15) is 17.4 Å². The van der Waals surface area contributed by atoms with Gasteiger partial charge in [-0.15, -0.1) is 10.2 Å². The summed E-state index contributed by atoms with van der Waals surface area (Å²) in [4.78, 5) is 11.9. The van der Waals surface area contributed by atoms with Crippen molar-refractivity contribution >= 4 is 23.4 Å². The lowest BCUT2D eigenvalue weighted by atomic mass is 10.3. The molecule has 0 saturated carbocycles. The van der Waals surface area contributed by atoms with Crippen LogP contribution in [-0.4, -0.2) is 21.9 Å². The smallest absolute Gasteiger partial charge is 0.277 e. The van der Waals surface area contributed by atoms with E-state index in [1.165, 1.54) is 48.5 Å². The molecule has 9 heteroatoms. The Kier molecular flexibility index (Phi) is 6.02. The number of anilines is 1. The van der Waals surface area contributed by atoms with Crippen LogP contribution in [0.3, 0.4) is 0 Å². The summed E-state index contributed by atoms with van der Waals surface area (Å²) < 4.78 is 36.8. The second-order valence-corrected chi connectivity index (χ2v) is 6.39. The molecule has 0 fully saturated rings. The van der Waals surface area contributed by atoms with Crippen molar-refractivity contribution in [1.82, 2.24) is 10.2 Å². The molecule has 1 atom stereocenters. The highest BCUT2D eigenvalue weighted by molar-refractivity contribution is 7.99. The van der Waals surface area contributed by atoms with E-state index < -0.39 is 6.10 Å². The molecule has 1 N–H and O–H groups in total. The molecular weight excluding hydrogens is 376 g/mol. The van der Waals surface area contributed by atoms with Crippen LogP contribution in [0.4, 0.5) is 14.5 Å². The van der Waals surface area contributed by atoms with E-state index in [1.807, 2.05) is 0 Å². The van der Waals surface area contributed by atoms with Gasteiger partial charge in [-0.3, -0.25) is 4.79 Å². The second-order valence-electron chi connectivity index (χ2n) is 5.46. The number of rotatable bonds is 7. The van der Waals surface area contributed by atoms with Gasteiger partial charge < -0.3 is 14.5 Å². The van der Waals surface area contributed by atoms with Gasteiger partial charge in [-0.1, -0.05) is 11.8 Å². The minimum Gasteiger partial charge on any atom is -0.481 e. The zero-order chi connectivity index (χ0) is 19.2. The van der Waals surface area contributed by atoms with Crippen LogP contribution in [0, 0.1) is 11.6 Å². The quantitative estimate of drug-likeness (QED) is 0.608. The highest BCUT2D eigenvalue weighted by Crippen LogP contribution is 2.24. The molecule has 0 aliphatic rings. The Balaban J connectivity index is 1.50. The van der Waals surface area contributed by atoms with E-state index in [1.54, 1.807) is 6.92 Å². The van der Waals surface area contributed by atoms with Crippen molar-refractivity contribution in [3.63, 3.8) is 0 Å². The molecule has 1 amide bonds. The van der Waals surface area contributed by atoms with Gasteiger partial charge in [0.25, 0.3) is 11.1 Å². The van der Waals surface area contributed by atoms with E-state index in [0.29, 0.717) is 11.4 Å². The van der Waals surface area contributed by atoms with Gasteiger partial charge in [0.15, 0.2) is 6.10 Å². The van der Waals surface area contributed by atoms with Crippen LogP contribution in [-0.2, 0) is 4.79 Å². The number of carbonyl (C=O) groups is 1. The standard InChI is InChI=1S/C18H15F2N3O3S/c1-11(25-15-8-4-13(20)5-9-15)17-22-23-18(26-17)27-10-16(24)21-14-6-2-12(19)3-7-14/h2-9,11H,10H2,1H3,(H,21,24)/t11-/m0/s1. The van der Waals surface area contributed by atoms with Gasteiger partial charge in [-0.05, 0) is 55.5 Å². The van der Waals surface area contributed by atoms with Crippen LogP contribution >= 0.6 is 11.8 Å². The molecule has 0 aliphatic carbocycles. The van der Waals surface area contributed by atoms with Crippen molar-refractivity contribution in [2.24, 2.45) is 0 Å². The number of hydrogen-bond donors (Lipinski definition) is 1. The Morgan fingerprint density at radius 1 is 1.11 bits per heavy atom. The van der Waals surface area contributed by atoms with Crippen molar-refractivity contribution in [2.75, 3.05) is 11.1 Å². The Hall–Kier alpha value is -2.94. The average molecular weight is 391 g/mol. The predicted octanol–water partition coefficient (Wildman–Crippen LogP) is 4.22. The molecule has 6 nitrogen and oxygen atoms in total. The fourth-order valence-electron chi connectivity index (χ4n) is 2.07. The van der Waals surface area contributed by atoms with E-state index >= 15 is 0 Å². The summed E-state index contributed by atoms with van der Waals surface area (Å²) in [6.07, 6.45) is -0.537. The van der Waals surface area contributed by atoms with Gasteiger partial charge >= 0.3 is 0 Å². The van der Waals surface area contributed by atoms with Gasteiger partial charge in [0.2, 0.25) is 5.91 Å². The van der Waals surface area contributed by atoms with E-state index in [-0.39, 0.29) is 34.4 Å². The molecular formula is C18H15F2N3O3S. The monoisotopic (exact) mass is 391 g/mol. The maximum atomic E-state index is 12.9. The van der Waals surface area contributed by atoms with Gasteiger partial charge in [0.05, 0.1) is 5.75 Å². The maximum Gasteiger partial charge on any atom is 0.277 e. The maximum absolute atomic E-state index is 12.9. The zero-order valence-corrected chi connectivity index (χ0v) is 15.0. The van der Waals surface area contributed by atoms with Gasteiger partial charge in [0, 0.05) is 5.69 Å². The van der Waals surface area contributed by atoms with E-state index in [4.69, 9.17) is 9.15 Å². The normalized spacial score (nSPS) is 11.8. The van der Waals surface area contributed by atoms with Crippen molar-refractivity contribution < 1.29 is 22.7 Å². The number of hydrogen-bond acceptors (Lipinski definition) is 6. The SMILES string of the molecule is C[C@H](Oc1ccc(F)cc1)c1nnc(SCC(=O)Nc2ccc(F)cc2)o1. The molecule has 1 aromatic heterocycles. The highest BCUT2D eigenvalue weighted by atomic mass is 32.2. The van der Waals surface area contributed by atoms with Crippen molar-refractivity contribution in [1.29, 1.82) is 0 Å². The van der Waals surface area contributed by atoms with Crippen molar-refractivity contribution in [3.8, 4) is 5.75 Å². The number of nitrogens with one attached hydrogen (secondary N) is 1. The number of aromatic nitrogens is 2. The Morgan fingerprint density at radius 3 is 2.41 bits per heavy atom. The third-order valence-electron chi connectivity index (χ3n) is 3.35. The molecule has 1 heterocycles. The largest absolute Gasteiger partial charge is 0.481 e. The molecule has 0 aliphatic heterocycles. The molecule has 0 unspecified atom stereocenters. The van der Waals surface area contributed by atoms with E-state index in [9.17, 15) is 13.6 Å². The van der Waals surface area contributed by atoms with Crippen LogP contribution in [0.2, 0.25) is 0 Å². The van der Waals surface area contributed by atoms with Crippen LogP contribution in [0.25, 0.3) is 0 Å². The fourth-order valence-corrected chi connectivity index (χ4v) is 2.64. The summed E-state index contributed by atoms with van der Waals surface area (Å²) in [7, 11) is 0. The molecule has 0 bridgehead atoms. The minimum absolute atomic E-state index is 0.0478. The molecule has 0 saturated heterocycles. The lowest BCUT2D eigenvalue weighted by Gasteiger charge is -2.10. The number of benzene rings is 2. The minimum atomic E-state index is -0.537. The van der Waals surface area contributed by atoms with Gasteiger partial charge in [-0.25, -0.2) is 8.78 Å².